The fourth-order valence-corrected chi connectivity index (χ4v) is 2.88. The average Bonchev–Trinajstić information content (AvgIpc) is 3.39. The van der Waals surface area contributed by atoms with Crippen LogP contribution in [-0.2, 0) is 13.1 Å². The van der Waals surface area contributed by atoms with Crippen molar-refractivity contribution in [2.75, 3.05) is 13.3 Å². The first-order valence-corrected chi connectivity index (χ1v) is 9.58. The Morgan fingerprint density at radius 2 is 1.90 bits per heavy atom. The lowest BCUT2D eigenvalue weighted by molar-refractivity contribution is 0.174. The number of fused-ring (bicyclic) bond motifs is 1. The zero-order valence-electron chi connectivity index (χ0n) is 16.2. The van der Waals surface area contributed by atoms with Crippen molar-refractivity contribution in [2.24, 2.45) is 4.99 Å². The summed E-state index contributed by atoms with van der Waals surface area (Å²) >= 11 is 5.91. The van der Waals surface area contributed by atoms with Crippen molar-refractivity contribution >= 4 is 41.5 Å². The van der Waals surface area contributed by atoms with Crippen molar-refractivity contribution in [3.05, 3.63) is 58.9 Å². The molecule has 0 unspecified atom stereocenters. The minimum atomic E-state index is 0. The molecule has 0 spiro atoms. The van der Waals surface area contributed by atoms with Crippen LogP contribution < -0.4 is 20.1 Å². The zero-order chi connectivity index (χ0) is 20.1. The smallest absolute Gasteiger partial charge is 0.246 e. The summed E-state index contributed by atoms with van der Waals surface area (Å²) in [5.74, 6) is 3.13. The molecule has 2 aromatic carbocycles. The van der Waals surface area contributed by atoms with Gasteiger partial charge in [0.25, 0.3) is 0 Å². The lowest BCUT2D eigenvalue weighted by Gasteiger charge is -2.09. The number of hydrogen-bond donors (Lipinski definition) is 2. The highest BCUT2D eigenvalue weighted by Crippen LogP contribution is 2.32. The molecule has 30 heavy (non-hydrogen) atoms. The van der Waals surface area contributed by atoms with Crippen molar-refractivity contribution in [2.45, 2.75) is 20.0 Å². The molecule has 0 saturated heterocycles. The maximum absolute atomic E-state index is 5.91. The number of nitrogens with one attached hydrogen (secondary N) is 2. The number of ether oxygens (including phenoxy) is 2. The van der Waals surface area contributed by atoms with Crippen molar-refractivity contribution in [3.63, 3.8) is 0 Å². The van der Waals surface area contributed by atoms with E-state index in [1.165, 1.54) is 0 Å². The van der Waals surface area contributed by atoms with Crippen LogP contribution in [-0.4, -0.2) is 29.4 Å². The second kappa shape index (κ2) is 10.5. The molecule has 0 fully saturated rings. The lowest BCUT2D eigenvalue weighted by atomic mass is 10.2. The van der Waals surface area contributed by atoms with E-state index in [0.717, 1.165) is 29.2 Å². The van der Waals surface area contributed by atoms with Crippen LogP contribution in [0.5, 0.6) is 11.5 Å². The van der Waals surface area contributed by atoms with Gasteiger partial charge >= 0.3 is 0 Å². The van der Waals surface area contributed by atoms with Crippen molar-refractivity contribution < 1.29 is 14.0 Å². The number of nitrogens with zero attached hydrogens (tertiary/aromatic N) is 3. The second-order valence-corrected chi connectivity index (χ2v) is 6.69. The lowest BCUT2D eigenvalue weighted by Crippen LogP contribution is -2.36. The normalized spacial score (nSPS) is 12.4. The topological polar surface area (TPSA) is 93.8 Å². The summed E-state index contributed by atoms with van der Waals surface area (Å²) in [6, 6.07) is 13.1. The monoisotopic (exact) mass is 541 g/mol. The Labute approximate surface area is 196 Å². The number of aliphatic imine (C=N–C) groups is 1. The van der Waals surface area contributed by atoms with Gasteiger partial charge in [0.2, 0.25) is 18.5 Å². The number of rotatable bonds is 6. The second-order valence-electron chi connectivity index (χ2n) is 6.25. The van der Waals surface area contributed by atoms with Crippen LogP contribution in [0.3, 0.4) is 0 Å². The molecule has 1 aromatic heterocycles. The molecule has 4 rings (SSSR count). The molecule has 0 atom stereocenters. The number of halogens is 2. The summed E-state index contributed by atoms with van der Waals surface area (Å²) in [5, 5.41) is 11.1. The van der Waals surface area contributed by atoms with Gasteiger partial charge < -0.3 is 24.6 Å². The molecular weight excluding hydrogens is 521 g/mol. The number of guanidine groups is 1. The summed E-state index contributed by atoms with van der Waals surface area (Å²) in [4.78, 5) is 9.00. The molecule has 2 heterocycles. The van der Waals surface area contributed by atoms with E-state index in [1.807, 2.05) is 37.3 Å². The van der Waals surface area contributed by atoms with Crippen LogP contribution in [0.1, 0.15) is 18.4 Å². The van der Waals surface area contributed by atoms with Gasteiger partial charge in [0.1, 0.15) is 0 Å². The SMILES string of the molecule is CCNC(=NCc1ccc2c(c1)OCO2)NCc1nc(-c2ccc(Cl)cc2)no1.I. The fraction of sp³-hybridized carbons (Fsp3) is 0.250. The van der Waals surface area contributed by atoms with Crippen LogP contribution >= 0.6 is 35.6 Å². The minimum Gasteiger partial charge on any atom is -0.454 e. The Kier molecular flexibility index (Phi) is 7.75. The summed E-state index contributed by atoms with van der Waals surface area (Å²) < 4.78 is 16.1. The Bertz CT molecular complexity index is 1010. The summed E-state index contributed by atoms with van der Waals surface area (Å²) in [5.41, 5.74) is 1.86. The van der Waals surface area contributed by atoms with E-state index in [-0.39, 0.29) is 30.8 Å². The van der Waals surface area contributed by atoms with Gasteiger partial charge in [-0.1, -0.05) is 22.8 Å². The highest BCUT2D eigenvalue weighted by Gasteiger charge is 2.13. The molecule has 158 valence electrons. The maximum Gasteiger partial charge on any atom is 0.246 e. The van der Waals surface area contributed by atoms with Crippen LogP contribution in [0.2, 0.25) is 5.02 Å². The molecular formula is C20H21ClIN5O3. The first kappa shape index (κ1) is 22.2. The van der Waals surface area contributed by atoms with Gasteiger partial charge in [-0.3, -0.25) is 0 Å². The zero-order valence-corrected chi connectivity index (χ0v) is 19.3. The van der Waals surface area contributed by atoms with Gasteiger partial charge in [-0.2, -0.15) is 4.98 Å². The summed E-state index contributed by atoms with van der Waals surface area (Å²) in [6.07, 6.45) is 0. The molecule has 0 bridgehead atoms. The van der Waals surface area contributed by atoms with Gasteiger partial charge in [0.05, 0.1) is 13.1 Å². The molecule has 0 saturated carbocycles. The third-order valence-electron chi connectivity index (χ3n) is 4.18. The molecule has 0 aliphatic carbocycles. The molecule has 1 aliphatic rings. The molecule has 2 N–H and O–H groups in total. The van der Waals surface area contributed by atoms with Gasteiger partial charge in [-0.05, 0) is 48.9 Å². The van der Waals surface area contributed by atoms with Gasteiger partial charge in [-0.15, -0.1) is 24.0 Å². The molecule has 8 nitrogen and oxygen atoms in total. The third-order valence-corrected chi connectivity index (χ3v) is 4.43. The minimum absolute atomic E-state index is 0. The Hall–Kier alpha value is -2.53. The van der Waals surface area contributed by atoms with Crippen LogP contribution in [0.4, 0.5) is 0 Å². The largest absolute Gasteiger partial charge is 0.454 e. The number of aromatic nitrogens is 2. The van der Waals surface area contributed by atoms with Crippen LogP contribution in [0.25, 0.3) is 11.4 Å². The quantitative estimate of drug-likeness (QED) is 0.277. The highest BCUT2D eigenvalue weighted by atomic mass is 127. The van der Waals surface area contributed by atoms with E-state index in [4.69, 9.17) is 25.6 Å². The number of benzene rings is 2. The molecule has 10 heteroatoms. The predicted molar refractivity (Wildman–Crippen MR) is 124 cm³/mol. The molecule has 1 aliphatic heterocycles. The Balaban J connectivity index is 0.00000256. The molecule has 0 amide bonds. The van der Waals surface area contributed by atoms with E-state index < -0.39 is 0 Å². The highest BCUT2D eigenvalue weighted by molar-refractivity contribution is 14.0. The van der Waals surface area contributed by atoms with Crippen LogP contribution in [0, 0.1) is 0 Å². The van der Waals surface area contributed by atoms with Gasteiger partial charge in [0, 0.05) is 17.1 Å². The van der Waals surface area contributed by atoms with Crippen molar-refractivity contribution in [3.8, 4) is 22.9 Å². The standard InChI is InChI=1S/C20H20ClN5O3.HI/c1-2-22-20(23-10-13-3-8-16-17(9-13)28-12-27-16)24-11-18-25-19(26-29-18)14-4-6-15(21)7-5-14;/h3-9H,2,10-12H2,1H3,(H2,22,23,24);1H. The van der Waals surface area contributed by atoms with E-state index in [9.17, 15) is 0 Å². The van der Waals surface area contributed by atoms with Crippen molar-refractivity contribution in [1.82, 2.24) is 20.8 Å². The Morgan fingerprint density at radius 1 is 1.10 bits per heavy atom. The summed E-state index contributed by atoms with van der Waals surface area (Å²) in [7, 11) is 0. The van der Waals surface area contributed by atoms with E-state index in [1.54, 1.807) is 12.1 Å². The number of hydrogen-bond acceptors (Lipinski definition) is 6. The molecule has 0 radical (unpaired) electrons. The maximum atomic E-state index is 5.91. The summed E-state index contributed by atoms with van der Waals surface area (Å²) in [6.45, 7) is 3.84. The van der Waals surface area contributed by atoms with E-state index in [0.29, 0.717) is 35.8 Å². The van der Waals surface area contributed by atoms with Crippen molar-refractivity contribution in [1.29, 1.82) is 0 Å². The van der Waals surface area contributed by atoms with Gasteiger partial charge in [0.15, 0.2) is 17.5 Å². The van der Waals surface area contributed by atoms with E-state index in [2.05, 4.69) is 25.8 Å². The van der Waals surface area contributed by atoms with Crippen LogP contribution in [0.15, 0.2) is 52.0 Å². The first-order valence-electron chi connectivity index (χ1n) is 9.20. The Morgan fingerprint density at radius 3 is 2.70 bits per heavy atom. The van der Waals surface area contributed by atoms with Gasteiger partial charge in [-0.25, -0.2) is 4.99 Å². The average molecular weight is 542 g/mol. The predicted octanol–water partition coefficient (Wildman–Crippen LogP) is 3.99. The molecule has 3 aromatic rings. The van der Waals surface area contributed by atoms with E-state index >= 15 is 0 Å². The third kappa shape index (κ3) is 5.54. The fourth-order valence-electron chi connectivity index (χ4n) is 2.75. The first-order chi connectivity index (χ1) is 14.2.